The lowest BCUT2D eigenvalue weighted by Gasteiger charge is -2.11. The molecule has 0 radical (unpaired) electrons. The van der Waals surface area contributed by atoms with Crippen molar-refractivity contribution in [1.29, 1.82) is 0 Å². The third-order valence-corrected chi connectivity index (χ3v) is 6.05. The van der Waals surface area contributed by atoms with Gasteiger partial charge in [-0.05, 0) is 49.2 Å². The van der Waals surface area contributed by atoms with Crippen molar-refractivity contribution in [2.75, 3.05) is 17.4 Å². The fraction of sp³-hybridized carbons (Fsp3) is 0.190. The molecule has 2 amide bonds. The van der Waals surface area contributed by atoms with Gasteiger partial charge in [0.05, 0.1) is 11.6 Å². The Morgan fingerprint density at radius 2 is 1.87 bits per heavy atom. The molecule has 0 spiro atoms. The molecule has 0 fully saturated rings. The van der Waals surface area contributed by atoms with E-state index in [9.17, 15) is 14.0 Å². The molecule has 0 bridgehead atoms. The van der Waals surface area contributed by atoms with Gasteiger partial charge in [0.1, 0.15) is 5.82 Å². The second-order valence-electron chi connectivity index (χ2n) is 6.94. The Kier molecular flexibility index (Phi) is 4.59. The maximum absolute atomic E-state index is 13.0. The van der Waals surface area contributed by atoms with Crippen molar-refractivity contribution in [3.05, 3.63) is 64.4 Å². The summed E-state index contributed by atoms with van der Waals surface area (Å²) in [6.45, 7) is 0.171. The van der Waals surface area contributed by atoms with Gasteiger partial charge in [-0.25, -0.2) is 9.37 Å². The molecule has 1 atom stereocenters. The van der Waals surface area contributed by atoms with E-state index >= 15 is 0 Å². The highest BCUT2D eigenvalue weighted by Crippen LogP contribution is 2.40. The summed E-state index contributed by atoms with van der Waals surface area (Å²) in [5.41, 5.74) is 1.65. The topological polar surface area (TPSA) is 89.6 Å². The minimum absolute atomic E-state index is 0.158. The summed E-state index contributed by atoms with van der Waals surface area (Å²) in [5.74, 6) is -0.0797. The molecule has 152 valence electrons. The summed E-state index contributed by atoms with van der Waals surface area (Å²) in [6.07, 6.45) is 1.38. The van der Waals surface area contributed by atoms with Crippen LogP contribution in [0.25, 0.3) is 0 Å². The molecule has 0 saturated carbocycles. The van der Waals surface area contributed by atoms with Crippen molar-refractivity contribution in [1.82, 2.24) is 4.98 Å². The quantitative estimate of drug-likeness (QED) is 0.661. The number of hydrogen-bond donors (Lipinski definition) is 2. The average molecular weight is 425 g/mol. The van der Waals surface area contributed by atoms with Crippen molar-refractivity contribution >= 4 is 34.0 Å². The Morgan fingerprint density at radius 3 is 2.70 bits per heavy atom. The molecule has 2 aromatic carbocycles. The van der Waals surface area contributed by atoms with Crippen LogP contribution in [0.2, 0.25) is 0 Å². The first-order chi connectivity index (χ1) is 14.6. The van der Waals surface area contributed by atoms with Crippen molar-refractivity contribution in [3.63, 3.8) is 0 Å². The normalized spacial score (nSPS) is 16.2. The van der Waals surface area contributed by atoms with Crippen LogP contribution in [-0.2, 0) is 11.2 Å². The molecular formula is C21H16FN3O4S. The zero-order valence-electron chi connectivity index (χ0n) is 15.6. The SMILES string of the molecule is O=C(Nc1nc2c(s1)CCC2C(=O)Nc1ccc2c(c1)OCO2)c1ccc(F)cc1. The number of nitrogens with one attached hydrogen (secondary N) is 2. The predicted molar refractivity (Wildman–Crippen MR) is 109 cm³/mol. The zero-order valence-corrected chi connectivity index (χ0v) is 16.4. The molecule has 2 N–H and O–H groups in total. The Morgan fingerprint density at radius 1 is 1.07 bits per heavy atom. The van der Waals surface area contributed by atoms with Gasteiger partial charge in [-0.2, -0.15) is 0 Å². The van der Waals surface area contributed by atoms with Crippen molar-refractivity contribution < 1.29 is 23.5 Å². The van der Waals surface area contributed by atoms with Gasteiger partial charge in [0.15, 0.2) is 16.6 Å². The van der Waals surface area contributed by atoms with Crippen LogP contribution in [0.3, 0.4) is 0 Å². The number of benzene rings is 2. The van der Waals surface area contributed by atoms with Crippen molar-refractivity contribution in [3.8, 4) is 11.5 Å². The predicted octanol–water partition coefficient (Wildman–Crippen LogP) is 3.93. The number of ether oxygens (including phenoxy) is 2. The summed E-state index contributed by atoms with van der Waals surface area (Å²) in [5, 5.41) is 6.06. The number of carbonyl (C=O) groups excluding carboxylic acids is 2. The van der Waals surface area contributed by atoms with Crippen LogP contribution in [0.5, 0.6) is 11.5 Å². The standard InChI is InChI=1S/C21H16FN3O4S/c22-12-3-1-11(2-4-12)19(26)25-21-24-18-14(6-8-17(18)30-21)20(27)23-13-5-7-15-16(9-13)29-10-28-15/h1-5,7,9,14H,6,8,10H2,(H,23,27)(H,24,25,26). The lowest BCUT2D eigenvalue weighted by molar-refractivity contribution is -0.117. The highest BCUT2D eigenvalue weighted by atomic mass is 32.1. The molecule has 30 heavy (non-hydrogen) atoms. The van der Waals surface area contributed by atoms with E-state index in [4.69, 9.17) is 9.47 Å². The first kappa shape index (κ1) is 18.6. The van der Waals surface area contributed by atoms with Crippen LogP contribution in [0.1, 0.15) is 33.3 Å². The minimum Gasteiger partial charge on any atom is -0.454 e. The fourth-order valence-electron chi connectivity index (χ4n) is 3.51. The summed E-state index contributed by atoms with van der Waals surface area (Å²) in [4.78, 5) is 30.6. The number of rotatable bonds is 4. The van der Waals surface area contributed by atoms with Gasteiger partial charge >= 0.3 is 0 Å². The third kappa shape index (κ3) is 3.48. The van der Waals surface area contributed by atoms with Gasteiger partial charge in [-0.15, -0.1) is 11.3 Å². The van der Waals surface area contributed by atoms with Gasteiger partial charge in [0, 0.05) is 22.2 Å². The number of carbonyl (C=O) groups is 2. The van der Waals surface area contributed by atoms with Gasteiger partial charge in [0.2, 0.25) is 12.7 Å². The lowest BCUT2D eigenvalue weighted by Crippen LogP contribution is -2.20. The van der Waals surface area contributed by atoms with Crippen LogP contribution >= 0.6 is 11.3 Å². The number of anilines is 2. The molecule has 0 saturated heterocycles. The van der Waals surface area contributed by atoms with Crippen LogP contribution in [-0.4, -0.2) is 23.6 Å². The summed E-state index contributed by atoms with van der Waals surface area (Å²) in [6, 6.07) is 10.5. The number of nitrogens with zero attached hydrogens (tertiary/aromatic N) is 1. The summed E-state index contributed by atoms with van der Waals surface area (Å²) >= 11 is 1.36. The molecule has 1 aliphatic heterocycles. The average Bonchev–Trinajstić information content (AvgIpc) is 3.43. The number of aromatic nitrogens is 1. The molecule has 2 heterocycles. The number of hydrogen-bond acceptors (Lipinski definition) is 6. The summed E-state index contributed by atoms with van der Waals surface area (Å²) < 4.78 is 23.7. The molecule has 7 nitrogen and oxygen atoms in total. The van der Waals surface area contributed by atoms with Gasteiger partial charge < -0.3 is 14.8 Å². The number of thiazole rings is 1. The van der Waals surface area contributed by atoms with Gasteiger partial charge in [0.25, 0.3) is 5.91 Å². The van der Waals surface area contributed by atoms with Crippen molar-refractivity contribution in [2.45, 2.75) is 18.8 Å². The highest BCUT2D eigenvalue weighted by Gasteiger charge is 2.33. The number of halogens is 1. The molecular weight excluding hydrogens is 409 g/mol. The monoisotopic (exact) mass is 425 g/mol. The second-order valence-corrected chi connectivity index (χ2v) is 8.02. The Balaban J connectivity index is 1.28. The van der Waals surface area contributed by atoms with Crippen LogP contribution in [0.4, 0.5) is 15.2 Å². The van der Waals surface area contributed by atoms with Gasteiger partial charge in [-0.1, -0.05) is 0 Å². The largest absolute Gasteiger partial charge is 0.454 e. The molecule has 1 aliphatic carbocycles. The van der Waals surface area contributed by atoms with Crippen LogP contribution in [0, 0.1) is 5.82 Å². The molecule has 5 rings (SSSR count). The van der Waals surface area contributed by atoms with E-state index in [1.54, 1.807) is 18.2 Å². The number of amides is 2. The maximum atomic E-state index is 13.0. The number of aryl methyl sites for hydroxylation is 1. The van der Waals surface area contributed by atoms with E-state index in [0.29, 0.717) is 40.0 Å². The first-order valence-electron chi connectivity index (χ1n) is 9.34. The molecule has 3 aromatic rings. The maximum Gasteiger partial charge on any atom is 0.257 e. The number of fused-ring (bicyclic) bond motifs is 2. The van der Waals surface area contributed by atoms with E-state index in [2.05, 4.69) is 15.6 Å². The van der Waals surface area contributed by atoms with E-state index in [1.807, 2.05) is 0 Å². The highest BCUT2D eigenvalue weighted by molar-refractivity contribution is 7.16. The molecule has 1 unspecified atom stereocenters. The van der Waals surface area contributed by atoms with E-state index < -0.39 is 11.7 Å². The summed E-state index contributed by atoms with van der Waals surface area (Å²) in [7, 11) is 0. The van der Waals surface area contributed by atoms with Crippen LogP contribution in [0.15, 0.2) is 42.5 Å². The van der Waals surface area contributed by atoms with E-state index in [1.165, 1.54) is 35.6 Å². The Labute approximate surface area is 174 Å². The lowest BCUT2D eigenvalue weighted by atomic mass is 10.1. The minimum atomic E-state index is -0.406. The van der Waals surface area contributed by atoms with Crippen LogP contribution < -0.4 is 20.1 Å². The second kappa shape index (κ2) is 7.42. The van der Waals surface area contributed by atoms with Gasteiger partial charge in [-0.3, -0.25) is 14.9 Å². The van der Waals surface area contributed by atoms with Crippen molar-refractivity contribution in [2.24, 2.45) is 0 Å². The smallest absolute Gasteiger partial charge is 0.257 e. The Bertz CT molecular complexity index is 1150. The first-order valence-corrected chi connectivity index (χ1v) is 10.2. The third-order valence-electron chi connectivity index (χ3n) is 5.00. The zero-order chi connectivity index (χ0) is 20.7. The van der Waals surface area contributed by atoms with E-state index in [0.717, 1.165) is 11.3 Å². The molecule has 9 heteroatoms. The molecule has 2 aliphatic rings. The Hall–Kier alpha value is -3.46. The molecule has 1 aromatic heterocycles. The fourth-order valence-corrected chi connectivity index (χ4v) is 4.54. The van der Waals surface area contributed by atoms with E-state index in [-0.39, 0.29) is 18.6 Å².